The lowest BCUT2D eigenvalue weighted by Gasteiger charge is -2.27. The lowest BCUT2D eigenvalue weighted by atomic mass is 9.97. The van der Waals surface area contributed by atoms with E-state index in [0.29, 0.717) is 11.3 Å². The van der Waals surface area contributed by atoms with Gasteiger partial charge in [-0.05, 0) is 58.4 Å². The van der Waals surface area contributed by atoms with E-state index in [0.717, 1.165) is 6.42 Å². The van der Waals surface area contributed by atoms with Crippen molar-refractivity contribution in [3.63, 3.8) is 0 Å². The van der Waals surface area contributed by atoms with Crippen molar-refractivity contribution in [3.8, 4) is 5.75 Å². The number of rotatable bonds is 2. The molecule has 1 aliphatic heterocycles. The first-order valence-corrected chi connectivity index (χ1v) is 6.33. The summed E-state index contributed by atoms with van der Waals surface area (Å²) in [6.45, 7) is 9.93. The Morgan fingerprint density at radius 2 is 1.94 bits per heavy atom. The molecule has 1 aromatic rings. The molecule has 1 fully saturated rings. The summed E-state index contributed by atoms with van der Waals surface area (Å²) in [5.74, 6) is 0.498. The van der Waals surface area contributed by atoms with E-state index >= 15 is 0 Å². The van der Waals surface area contributed by atoms with Crippen molar-refractivity contribution in [1.82, 2.24) is 0 Å². The van der Waals surface area contributed by atoms with Crippen LogP contribution in [0.3, 0.4) is 0 Å². The Bertz CT molecular complexity index is 452. The second-order valence-electron chi connectivity index (χ2n) is 6.19. The van der Waals surface area contributed by atoms with Crippen LogP contribution in [-0.2, 0) is 4.74 Å². The van der Waals surface area contributed by atoms with Crippen molar-refractivity contribution in [3.05, 3.63) is 29.6 Å². The molecule has 0 aliphatic carbocycles. The minimum Gasteiger partial charge on any atom is -0.487 e. The molecular weight excluding hydrogens is 231 g/mol. The fraction of sp³-hybridized carbons (Fsp3) is 0.600. The van der Waals surface area contributed by atoms with Crippen molar-refractivity contribution < 1.29 is 13.9 Å². The highest BCUT2D eigenvalue weighted by atomic mass is 19.1. The lowest BCUT2D eigenvalue weighted by molar-refractivity contribution is -0.0846. The summed E-state index contributed by atoms with van der Waals surface area (Å²) in [7, 11) is 0. The molecule has 1 unspecified atom stereocenters. The Balaban J connectivity index is 2.16. The largest absolute Gasteiger partial charge is 0.487 e. The van der Waals surface area contributed by atoms with E-state index in [4.69, 9.17) is 9.47 Å². The first kappa shape index (κ1) is 13.3. The Morgan fingerprint density at radius 1 is 1.28 bits per heavy atom. The fourth-order valence-electron chi connectivity index (χ4n) is 2.55. The molecule has 1 saturated heterocycles. The fourth-order valence-corrected chi connectivity index (χ4v) is 2.55. The molecule has 0 amide bonds. The van der Waals surface area contributed by atoms with Crippen LogP contribution in [0.1, 0.15) is 39.7 Å². The van der Waals surface area contributed by atoms with Gasteiger partial charge in [-0.3, -0.25) is 0 Å². The van der Waals surface area contributed by atoms with Crippen LogP contribution >= 0.6 is 0 Å². The van der Waals surface area contributed by atoms with E-state index in [9.17, 15) is 4.39 Å². The van der Waals surface area contributed by atoms with Crippen molar-refractivity contribution >= 4 is 0 Å². The summed E-state index contributed by atoms with van der Waals surface area (Å²) in [5.41, 5.74) is 0.0955. The highest BCUT2D eigenvalue weighted by molar-refractivity contribution is 5.29. The number of aryl methyl sites for hydroxylation is 1. The smallest absolute Gasteiger partial charge is 0.130 e. The van der Waals surface area contributed by atoms with Crippen LogP contribution in [0.5, 0.6) is 5.75 Å². The zero-order valence-corrected chi connectivity index (χ0v) is 11.7. The second-order valence-corrected chi connectivity index (χ2v) is 6.19. The van der Waals surface area contributed by atoms with Gasteiger partial charge in [0.2, 0.25) is 0 Å². The first-order chi connectivity index (χ1) is 8.20. The van der Waals surface area contributed by atoms with E-state index in [1.165, 1.54) is 6.07 Å². The third-order valence-corrected chi connectivity index (χ3v) is 3.40. The monoisotopic (exact) mass is 252 g/mol. The van der Waals surface area contributed by atoms with Crippen LogP contribution < -0.4 is 4.74 Å². The molecule has 1 atom stereocenters. The summed E-state index contributed by atoms with van der Waals surface area (Å²) in [5, 5.41) is 0. The molecule has 0 saturated carbocycles. The predicted octanol–water partition coefficient (Wildman–Crippen LogP) is 3.86. The highest BCUT2D eigenvalue weighted by Crippen LogP contribution is 2.39. The van der Waals surface area contributed by atoms with Gasteiger partial charge in [-0.1, -0.05) is 0 Å². The van der Waals surface area contributed by atoms with Crippen LogP contribution in [0.25, 0.3) is 0 Å². The average Bonchev–Trinajstić information content (AvgIpc) is 2.40. The predicted molar refractivity (Wildman–Crippen MR) is 69.4 cm³/mol. The van der Waals surface area contributed by atoms with Gasteiger partial charge < -0.3 is 9.47 Å². The van der Waals surface area contributed by atoms with Gasteiger partial charge in [0.15, 0.2) is 0 Å². The zero-order chi connectivity index (χ0) is 13.6. The molecule has 0 spiro atoms. The second kappa shape index (κ2) is 4.23. The summed E-state index contributed by atoms with van der Waals surface area (Å²) in [6.07, 6.45) is 0.813. The van der Waals surface area contributed by atoms with E-state index in [2.05, 4.69) is 13.8 Å². The Kier molecular flexibility index (Phi) is 3.14. The van der Waals surface area contributed by atoms with Crippen LogP contribution in [-0.4, -0.2) is 17.3 Å². The normalized spacial score (nSPS) is 25.1. The van der Waals surface area contributed by atoms with Crippen LogP contribution in [0.15, 0.2) is 18.2 Å². The van der Waals surface area contributed by atoms with Crippen LogP contribution in [0, 0.1) is 12.7 Å². The van der Waals surface area contributed by atoms with E-state index in [-0.39, 0.29) is 23.1 Å². The van der Waals surface area contributed by atoms with E-state index in [1.54, 1.807) is 19.1 Å². The third-order valence-electron chi connectivity index (χ3n) is 3.40. The maximum atomic E-state index is 13.2. The van der Waals surface area contributed by atoms with Crippen LogP contribution in [0.2, 0.25) is 0 Å². The third kappa shape index (κ3) is 2.66. The molecule has 2 nitrogen and oxygen atoms in total. The molecule has 18 heavy (non-hydrogen) atoms. The summed E-state index contributed by atoms with van der Waals surface area (Å²) in [6, 6.07) is 4.85. The first-order valence-electron chi connectivity index (χ1n) is 6.33. The molecule has 0 bridgehead atoms. The molecule has 1 heterocycles. The van der Waals surface area contributed by atoms with Crippen molar-refractivity contribution in [2.24, 2.45) is 0 Å². The summed E-state index contributed by atoms with van der Waals surface area (Å²) in [4.78, 5) is 0. The number of benzene rings is 1. The molecule has 0 N–H and O–H groups in total. The summed E-state index contributed by atoms with van der Waals surface area (Å²) >= 11 is 0. The number of halogens is 1. The summed E-state index contributed by atoms with van der Waals surface area (Å²) < 4.78 is 25.2. The van der Waals surface area contributed by atoms with Gasteiger partial charge in [-0.15, -0.1) is 0 Å². The van der Waals surface area contributed by atoms with E-state index < -0.39 is 0 Å². The highest BCUT2D eigenvalue weighted by Gasteiger charge is 2.47. The van der Waals surface area contributed by atoms with Gasteiger partial charge in [0.1, 0.15) is 23.3 Å². The number of hydrogen-bond acceptors (Lipinski definition) is 2. The molecular formula is C15H21FO2. The van der Waals surface area contributed by atoms with Crippen molar-refractivity contribution in [2.45, 2.75) is 58.3 Å². The standard InChI is InChI=1S/C15H21FO2/c1-10-8-11(6-7-12(10)16)17-13-9-14(2,3)18-15(13,4)5/h6-8,13H,9H2,1-5H3. The molecule has 3 heteroatoms. The van der Waals surface area contributed by atoms with Crippen molar-refractivity contribution in [1.29, 1.82) is 0 Å². The average molecular weight is 252 g/mol. The Hall–Kier alpha value is -1.09. The maximum Gasteiger partial charge on any atom is 0.130 e. The topological polar surface area (TPSA) is 18.5 Å². The Morgan fingerprint density at radius 3 is 2.44 bits per heavy atom. The molecule has 0 radical (unpaired) electrons. The number of hydrogen-bond donors (Lipinski definition) is 0. The molecule has 0 aromatic heterocycles. The molecule has 1 aromatic carbocycles. The van der Waals surface area contributed by atoms with Gasteiger partial charge in [0, 0.05) is 6.42 Å². The van der Waals surface area contributed by atoms with Gasteiger partial charge in [0.05, 0.1) is 5.60 Å². The SMILES string of the molecule is Cc1cc(OC2CC(C)(C)OC2(C)C)ccc1F. The Labute approximate surface area is 108 Å². The van der Waals surface area contributed by atoms with Gasteiger partial charge in [0.25, 0.3) is 0 Å². The van der Waals surface area contributed by atoms with E-state index in [1.807, 2.05) is 13.8 Å². The van der Waals surface area contributed by atoms with Gasteiger partial charge in [-0.25, -0.2) is 4.39 Å². The lowest BCUT2D eigenvalue weighted by Crippen LogP contribution is -2.36. The maximum absolute atomic E-state index is 13.2. The number of ether oxygens (including phenoxy) is 2. The zero-order valence-electron chi connectivity index (χ0n) is 11.7. The molecule has 100 valence electrons. The minimum absolute atomic E-state index is 0.0163. The van der Waals surface area contributed by atoms with Gasteiger partial charge in [-0.2, -0.15) is 0 Å². The minimum atomic E-state index is -0.328. The van der Waals surface area contributed by atoms with Crippen LogP contribution in [0.4, 0.5) is 4.39 Å². The van der Waals surface area contributed by atoms with Gasteiger partial charge >= 0.3 is 0 Å². The quantitative estimate of drug-likeness (QED) is 0.795. The molecule has 2 rings (SSSR count). The van der Waals surface area contributed by atoms with Crippen molar-refractivity contribution in [2.75, 3.05) is 0 Å². The molecule has 1 aliphatic rings.